The summed E-state index contributed by atoms with van der Waals surface area (Å²) < 4.78 is 7.66. The van der Waals surface area contributed by atoms with Gasteiger partial charge in [-0.3, -0.25) is 0 Å². The first kappa shape index (κ1) is 12.2. The van der Waals surface area contributed by atoms with Crippen molar-refractivity contribution < 1.29 is 4.74 Å². The first-order valence-electron chi connectivity index (χ1n) is 7.06. The van der Waals surface area contributed by atoms with E-state index in [-0.39, 0.29) is 5.60 Å². The van der Waals surface area contributed by atoms with E-state index in [0.717, 1.165) is 18.4 Å². The minimum Gasteiger partial charge on any atom is -0.375 e. The number of hydrogen-bond donors (Lipinski definition) is 0. The van der Waals surface area contributed by atoms with E-state index in [1.54, 1.807) is 0 Å². The normalized spacial score (nSPS) is 50.2. The van der Waals surface area contributed by atoms with Crippen LogP contribution < -0.4 is 0 Å². The fraction of sp³-hybridized carbons (Fsp3) is 0.867. The quantitative estimate of drug-likeness (QED) is 0.632. The third kappa shape index (κ3) is 1.74. The van der Waals surface area contributed by atoms with Crippen LogP contribution >= 0.6 is 15.9 Å². The van der Waals surface area contributed by atoms with Crippen LogP contribution in [0.25, 0.3) is 0 Å². The number of hydrogen-bond acceptors (Lipinski definition) is 1. The SMILES string of the molecule is C[C@@]12CC[C@H]3C(Br)=CCC[C@]3(C)C1CCCO2. The summed E-state index contributed by atoms with van der Waals surface area (Å²) >= 11 is 3.82. The Morgan fingerprint density at radius 2 is 2.12 bits per heavy atom. The molecule has 3 aliphatic rings. The van der Waals surface area contributed by atoms with Gasteiger partial charge in [-0.1, -0.05) is 28.9 Å². The highest BCUT2D eigenvalue weighted by Gasteiger charge is 2.55. The molecule has 1 unspecified atom stereocenters. The zero-order valence-corrected chi connectivity index (χ0v) is 12.6. The van der Waals surface area contributed by atoms with E-state index in [1.165, 1.54) is 43.0 Å². The van der Waals surface area contributed by atoms with Gasteiger partial charge in [0.05, 0.1) is 5.60 Å². The van der Waals surface area contributed by atoms with Gasteiger partial charge in [-0.25, -0.2) is 0 Å². The van der Waals surface area contributed by atoms with E-state index in [2.05, 4.69) is 35.9 Å². The minimum atomic E-state index is 0.161. The fourth-order valence-electron chi connectivity index (χ4n) is 4.74. The Balaban J connectivity index is 1.97. The van der Waals surface area contributed by atoms with Crippen molar-refractivity contribution in [2.45, 2.75) is 58.0 Å². The van der Waals surface area contributed by atoms with Crippen molar-refractivity contribution in [1.82, 2.24) is 0 Å². The van der Waals surface area contributed by atoms with Gasteiger partial charge in [0.25, 0.3) is 0 Å². The highest BCUT2D eigenvalue weighted by molar-refractivity contribution is 9.11. The van der Waals surface area contributed by atoms with Gasteiger partial charge < -0.3 is 4.74 Å². The largest absolute Gasteiger partial charge is 0.375 e. The zero-order valence-electron chi connectivity index (χ0n) is 11.0. The summed E-state index contributed by atoms with van der Waals surface area (Å²) in [6.45, 7) is 5.86. The lowest BCUT2D eigenvalue weighted by Crippen LogP contribution is -2.56. The summed E-state index contributed by atoms with van der Waals surface area (Å²) in [5, 5.41) is 0. The summed E-state index contributed by atoms with van der Waals surface area (Å²) in [7, 11) is 0. The van der Waals surface area contributed by atoms with Gasteiger partial charge in [0, 0.05) is 6.61 Å². The summed E-state index contributed by atoms with van der Waals surface area (Å²) in [5.74, 6) is 1.50. The van der Waals surface area contributed by atoms with Gasteiger partial charge in [-0.15, -0.1) is 0 Å². The van der Waals surface area contributed by atoms with Crippen LogP contribution in [-0.2, 0) is 4.74 Å². The van der Waals surface area contributed by atoms with Crippen LogP contribution in [0.1, 0.15) is 52.4 Å². The fourth-order valence-corrected chi connectivity index (χ4v) is 5.72. The standard InChI is InChI=1S/C15H23BrO/c1-14-8-3-5-12(16)11(14)7-9-15(2)13(14)6-4-10-17-15/h5,11,13H,3-4,6-10H2,1-2H3/t11-,13?,14-,15+/m0/s1. The van der Waals surface area contributed by atoms with Crippen molar-refractivity contribution in [3.63, 3.8) is 0 Å². The first-order valence-corrected chi connectivity index (χ1v) is 7.85. The average molecular weight is 299 g/mol. The third-order valence-electron chi connectivity index (χ3n) is 5.68. The molecular formula is C15H23BrO. The first-order chi connectivity index (χ1) is 8.06. The van der Waals surface area contributed by atoms with Gasteiger partial charge in [-0.2, -0.15) is 0 Å². The number of fused-ring (bicyclic) bond motifs is 3. The number of allylic oxidation sites excluding steroid dienone is 2. The molecule has 0 radical (unpaired) electrons. The zero-order chi connectivity index (χ0) is 12.1. The Morgan fingerprint density at radius 1 is 1.29 bits per heavy atom. The summed E-state index contributed by atoms with van der Waals surface area (Å²) in [6, 6.07) is 0. The second-order valence-electron chi connectivity index (χ2n) is 6.58. The lowest BCUT2D eigenvalue weighted by molar-refractivity contribution is -0.183. The topological polar surface area (TPSA) is 9.23 Å². The Hall–Kier alpha value is 0.180. The van der Waals surface area contributed by atoms with E-state index < -0.39 is 0 Å². The molecule has 2 aliphatic carbocycles. The molecular weight excluding hydrogens is 276 g/mol. The van der Waals surface area contributed by atoms with Gasteiger partial charge >= 0.3 is 0 Å². The molecule has 2 heteroatoms. The number of halogens is 1. The van der Waals surface area contributed by atoms with E-state index in [4.69, 9.17) is 4.74 Å². The maximum atomic E-state index is 6.18. The maximum absolute atomic E-state index is 6.18. The van der Waals surface area contributed by atoms with Crippen LogP contribution in [0.5, 0.6) is 0 Å². The smallest absolute Gasteiger partial charge is 0.0688 e. The predicted octanol–water partition coefficient (Wildman–Crippen LogP) is 4.66. The van der Waals surface area contributed by atoms with Crippen LogP contribution in [-0.4, -0.2) is 12.2 Å². The lowest BCUT2D eigenvalue weighted by atomic mass is 9.51. The molecule has 0 aromatic rings. The maximum Gasteiger partial charge on any atom is 0.0688 e. The molecule has 0 aromatic carbocycles. The lowest BCUT2D eigenvalue weighted by Gasteiger charge is -2.59. The Labute approximate surface area is 113 Å². The Bertz CT molecular complexity index is 351. The number of rotatable bonds is 0. The van der Waals surface area contributed by atoms with Crippen molar-refractivity contribution in [2.24, 2.45) is 17.3 Å². The van der Waals surface area contributed by atoms with Crippen molar-refractivity contribution in [3.8, 4) is 0 Å². The molecule has 0 aromatic heterocycles. The van der Waals surface area contributed by atoms with Gasteiger partial charge in [0.2, 0.25) is 0 Å². The van der Waals surface area contributed by atoms with E-state index in [1.807, 2.05) is 0 Å². The average Bonchev–Trinajstić information content (AvgIpc) is 2.28. The monoisotopic (exact) mass is 298 g/mol. The molecule has 1 aliphatic heterocycles. The van der Waals surface area contributed by atoms with Crippen LogP contribution in [0, 0.1) is 17.3 Å². The van der Waals surface area contributed by atoms with Gasteiger partial charge in [0.1, 0.15) is 0 Å². The second kappa shape index (κ2) is 4.09. The summed E-state index contributed by atoms with van der Waals surface area (Å²) in [6.07, 6.45) is 10.1. The van der Waals surface area contributed by atoms with Crippen LogP contribution in [0.2, 0.25) is 0 Å². The minimum absolute atomic E-state index is 0.161. The van der Waals surface area contributed by atoms with Gasteiger partial charge in [0.15, 0.2) is 0 Å². The Morgan fingerprint density at radius 3 is 2.94 bits per heavy atom. The number of ether oxygens (including phenoxy) is 1. The molecule has 0 N–H and O–H groups in total. The van der Waals surface area contributed by atoms with Crippen molar-refractivity contribution >= 4 is 15.9 Å². The Kier molecular flexibility index (Phi) is 2.94. The van der Waals surface area contributed by atoms with Crippen molar-refractivity contribution in [3.05, 3.63) is 10.6 Å². The molecule has 0 spiro atoms. The van der Waals surface area contributed by atoms with Crippen LogP contribution in [0.15, 0.2) is 10.6 Å². The second-order valence-corrected chi connectivity index (χ2v) is 7.50. The molecule has 1 saturated carbocycles. The molecule has 1 saturated heterocycles. The predicted molar refractivity (Wildman–Crippen MR) is 74.2 cm³/mol. The molecule has 0 bridgehead atoms. The molecule has 3 rings (SSSR count). The summed E-state index contributed by atoms with van der Waals surface area (Å²) in [4.78, 5) is 0. The van der Waals surface area contributed by atoms with Crippen molar-refractivity contribution in [1.29, 1.82) is 0 Å². The summed E-state index contributed by atoms with van der Waals surface area (Å²) in [5.41, 5.74) is 0.620. The highest BCUT2D eigenvalue weighted by atomic mass is 79.9. The third-order valence-corrected chi connectivity index (χ3v) is 6.56. The molecule has 1 nitrogen and oxygen atoms in total. The van der Waals surface area contributed by atoms with E-state index in [9.17, 15) is 0 Å². The highest BCUT2D eigenvalue weighted by Crippen LogP contribution is 2.60. The van der Waals surface area contributed by atoms with E-state index in [0.29, 0.717) is 5.41 Å². The molecule has 0 amide bonds. The molecule has 4 atom stereocenters. The molecule has 2 fully saturated rings. The van der Waals surface area contributed by atoms with E-state index >= 15 is 0 Å². The molecule has 17 heavy (non-hydrogen) atoms. The van der Waals surface area contributed by atoms with Crippen LogP contribution in [0.3, 0.4) is 0 Å². The van der Waals surface area contributed by atoms with Gasteiger partial charge in [-0.05, 0) is 67.2 Å². The molecule has 1 heterocycles. The van der Waals surface area contributed by atoms with Crippen molar-refractivity contribution in [2.75, 3.05) is 6.61 Å². The molecule has 96 valence electrons. The van der Waals surface area contributed by atoms with Crippen LogP contribution in [0.4, 0.5) is 0 Å².